The van der Waals surface area contributed by atoms with Gasteiger partial charge in [-0.05, 0) is 11.5 Å². The second kappa shape index (κ2) is 2.19. The van der Waals surface area contributed by atoms with Crippen LogP contribution in [0.4, 0.5) is 0 Å². The van der Waals surface area contributed by atoms with Gasteiger partial charge in [0, 0.05) is 5.41 Å². The predicted molar refractivity (Wildman–Crippen MR) is 61.4 cm³/mol. The van der Waals surface area contributed by atoms with Gasteiger partial charge in [-0.25, -0.2) is 0 Å². The fourth-order valence-electron chi connectivity index (χ4n) is 3.08. The van der Waals surface area contributed by atoms with Crippen LogP contribution < -0.4 is 0 Å². The molecule has 1 heteroatoms. The maximum Gasteiger partial charge on any atom is 0.0779 e. The molecule has 0 radical (unpaired) electrons. The molecule has 0 spiro atoms. The molecule has 2 bridgehead atoms. The molecule has 1 atom stereocenters. The van der Waals surface area contributed by atoms with E-state index in [2.05, 4.69) is 46.5 Å². The maximum absolute atomic E-state index is 2.49. The molecule has 3 aliphatic carbocycles. The summed E-state index contributed by atoms with van der Waals surface area (Å²) in [6.07, 6.45) is 2.49. The molecule has 3 aliphatic rings. The van der Waals surface area contributed by atoms with E-state index in [0.29, 0.717) is 5.41 Å². The first-order valence-electron chi connectivity index (χ1n) is 5.24. The van der Waals surface area contributed by atoms with Gasteiger partial charge >= 0.3 is 0 Å². The van der Waals surface area contributed by atoms with E-state index in [9.17, 15) is 0 Å². The molecule has 3 rings (SSSR count). The van der Waals surface area contributed by atoms with Gasteiger partial charge in [0.2, 0.25) is 0 Å². The summed E-state index contributed by atoms with van der Waals surface area (Å²) in [6.45, 7) is 14.5. The first-order chi connectivity index (χ1) is 5.76. The fourth-order valence-corrected chi connectivity index (χ4v) is 5.63. The van der Waals surface area contributed by atoms with Crippen LogP contribution in [0.5, 0.6) is 0 Å². The van der Waals surface area contributed by atoms with Crippen LogP contribution in [-0.2, 0) is 0 Å². The van der Waals surface area contributed by atoms with Crippen molar-refractivity contribution in [1.82, 2.24) is 0 Å². The second-order valence-corrected chi connectivity index (χ2v) is 11.0. The Balaban J connectivity index is 2.52. The van der Waals surface area contributed by atoms with Crippen LogP contribution in [0, 0.1) is 11.3 Å². The Morgan fingerprint density at radius 2 is 1.77 bits per heavy atom. The van der Waals surface area contributed by atoms with Crippen LogP contribution in [0.1, 0.15) is 20.8 Å². The third kappa shape index (κ3) is 0.969. The van der Waals surface area contributed by atoms with Crippen molar-refractivity contribution in [2.45, 2.75) is 40.4 Å². The zero-order valence-corrected chi connectivity index (χ0v) is 10.7. The summed E-state index contributed by atoms with van der Waals surface area (Å²) in [6, 6.07) is 0. The van der Waals surface area contributed by atoms with Gasteiger partial charge in [-0.3, -0.25) is 0 Å². The summed E-state index contributed by atoms with van der Waals surface area (Å²) >= 11 is 0. The van der Waals surface area contributed by atoms with Crippen LogP contribution in [0.15, 0.2) is 22.4 Å². The van der Waals surface area contributed by atoms with Gasteiger partial charge in [-0.1, -0.05) is 57.3 Å². The summed E-state index contributed by atoms with van der Waals surface area (Å²) in [5.74, 6) is 0.728. The molecule has 0 aromatic carbocycles. The first-order valence-corrected chi connectivity index (χ1v) is 8.74. The quantitative estimate of drug-likeness (QED) is 0.555. The lowest BCUT2D eigenvalue weighted by Gasteiger charge is -2.45. The Labute approximate surface area is 82.7 Å². The fraction of sp³-hybridized carbons (Fsp3) is 0.667. The van der Waals surface area contributed by atoms with E-state index in [4.69, 9.17) is 0 Å². The van der Waals surface area contributed by atoms with E-state index in [0.717, 1.165) is 5.92 Å². The van der Waals surface area contributed by atoms with Crippen LogP contribution in [0.25, 0.3) is 0 Å². The molecular formula is C12H20Si. The van der Waals surface area contributed by atoms with Crippen molar-refractivity contribution in [1.29, 1.82) is 0 Å². The van der Waals surface area contributed by atoms with Crippen LogP contribution >= 0.6 is 0 Å². The van der Waals surface area contributed by atoms with Crippen molar-refractivity contribution >= 4 is 8.07 Å². The van der Waals surface area contributed by atoms with Gasteiger partial charge in [-0.2, -0.15) is 0 Å². The molecule has 1 unspecified atom stereocenters. The smallest absolute Gasteiger partial charge is 0.0736 e. The average molecular weight is 192 g/mol. The summed E-state index contributed by atoms with van der Waals surface area (Å²) in [7, 11) is -1.06. The third-order valence-corrected chi connectivity index (χ3v) is 5.55. The number of rotatable bonds is 1. The molecule has 0 nitrogen and oxygen atoms in total. The van der Waals surface area contributed by atoms with E-state index >= 15 is 0 Å². The molecule has 0 aromatic rings. The van der Waals surface area contributed by atoms with E-state index in [-0.39, 0.29) is 0 Å². The van der Waals surface area contributed by atoms with Crippen LogP contribution in [0.3, 0.4) is 0 Å². The van der Waals surface area contributed by atoms with Crippen molar-refractivity contribution in [3.8, 4) is 0 Å². The molecule has 0 heterocycles. The van der Waals surface area contributed by atoms with Gasteiger partial charge in [0.05, 0.1) is 8.07 Å². The van der Waals surface area contributed by atoms with E-state index in [1.807, 2.05) is 0 Å². The minimum absolute atomic E-state index is 0.426. The molecule has 72 valence electrons. The number of allylic oxidation sites excluding steroid dienone is 4. The number of hydrogen-bond acceptors (Lipinski definition) is 0. The summed E-state index contributed by atoms with van der Waals surface area (Å²) in [5, 5.41) is 1.78. The average Bonchev–Trinajstić information content (AvgIpc) is 2.36. The molecule has 0 saturated carbocycles. The van der Waals surface area contributed by atoms with Crippen molar-refractivity contribution in [2.75, 3.05) is 0 Å². The van der Waals surface area contributed by atoms with Crippen LogP contribution in [-0.4, -0.2) is 8.07 Å². The largest absolute Gasteiger partial charge is 0.0779 e. The van der Waals surface area contributed by atoms with Crippen molar-refractivity contribution in [2.24, 2.45) is 11.3 Å². The molecule has 0 amide bonds. The van der Waals surface area contributed by atoms with Crippen LogP contribution in [0.2, 0.25) is 19.6 Å². The first kappa shape index (κ1) is 9.26. The van der Waals surface area contributed by atoms with Gasteiger partial charge in [0.1, 0.15) is 0 Å². The van der Waals surface area contributed by atoms with Crippen molar-refractivity contribution in [3.05, 3.63) is 22.4 Å². The number of hydrogen-bond donors (Lipinski definition) is 0. The molecule has 13 heavy (non-hydrogen) atoms. The zero-order valence-electron chi connectivity index (χ0n) is 9.65. The van der Waals surface area contributed by atoms with Gasteiger partial charge in [0.15, 0.2) is 0 Å². The third-order valence-electron chi connectivity index (χ3n) is 3.51. The van der Waals surface area contributed by atoms with E-state index < -0.39 is 8.07 Å². The monoisotopic (exact) mass is 192 g/mol. The molecule has 0 aromatic heterocycles. The SMILES string of the molecule is CC1C=C2C([Si](C)(C)C)=C1C2(C)C. The Morgan fingerprint density at radius 3 is 1.92 bits per heavy atom. The lowest BCUT2D eigenvalue weighted by atomic mass is 9.70. The highest BCUT2D eigenvalue weighted by Crippen LogP contribution is 2.62. The molecule has 0 fully saturated rings. The second-order valence-electron chi connectivity index (χ2n) is 6.03. The highest BCUT2D eigenvalue weighted by molar-refractivity contribution is 6.84. The minimum atomic E-state index is -1.06. The highest BCUT2D eigenvalue weighted by atomic mass is 28.3. The highest BCUT2D eigenvalue weighted by Gasteiger charge is 2.51. The molecule has 0 N–H and O–H groups in total. The van der Waals surface area contributed by atoms with E-state index in [1.165, 1.54) is 0 Å². The Bertz CT molecular complexity index is 324. The Kier molecular flexibility index (Phi) is 1.56. The zero-order chi connectivity index (χ0) is 10.0. The normalized spacial score (nSPS) is 30.3. The summed E-state index contributed by atoms with van der Waals surface area (Å²) < 4.78 is 0. The van der Waals surface area contributed by atoms with Gasteiger partial charge in [-0.15, -0.1) is 0 Å². The summed E-state index contributed by atoms with van der Waals surface area (Å²) in [5.41, 5.74) is 3.85. The number of fused-ring (bicyclic) bond motifs is 1. The topological polar surface area (TPSA) is 0 Å². The lowest BCUT2D eigenvalue weighted by molar-refractivity contribution is 0.495. The predicted octanol–water partition coefficient (Wildman–Crippen LogP) is 3.78. The Morgan fingerprint density at radius 1 is 1.23 bits per heavy atom. The molecular weight excluding hydrogens is 172 g/mol. The molecule has 0 aliphatic heterocycles. The minimum Gasteiger partial charge on any atom is -0.0736 e. The molecule has 0 saturated heterocycles. The lowest BCUT2D eigenvalue weighted by Crippen LogP contribution is -2.39. The maximum atomic E-state index is 2.49. The standard InChI is InChI=1S/C12H20Si/c1-8-7-9-11(13(4,5)6)10(8)12(9,2)3/h7-8H,1-6H3. The van der Waals surface area contributed by atoms with Crippen molar-refractivity contribution < 1.29 is 0 Å². The Hall–Kier alpha value is -0.303. The van der Waals surface area contributed by atoms with E-state index in [1.54, 1.807) is 16.3 Å². The van der Waals surface area contributed by atoms with Crippen molar-refractivity contribution in [3.63, 3.8) is 0 Å². The van der Waals surface area contributed by atoms with Gasteiger partial charge < -0.3 is 0 Å². The van der Waals surface area contributed by atoms with Gasteiger partial charge in [0.25, 0.3) is 0 Å². The summed E-state index contributed by atoms with van der Waals surface area (Å²) in [4.78, 5) is 0.